The van der Waals surface area contributed by atoms with Gasteiger partial charge in [0, 0.05) is 12.1 Å². The number of nitro groups is 1. The Morgan fingerprint density at radius 2 is 2.18 bits per heavy atom. The predicted octanol–water partition coefficient (Wildman–Crippen LogP) is 1.26. The standard InChI is InChI=1S/C10H8N2O4S/c13-9-6-17(10(14)11-9)5-7-2-1-3-8(4-7)12(15)16/h1-5H,6H2,(H,11,13,14). The highest BCUT2D eigenvalue weighted by atomic mass is 32.2. The molecule has 1 N–H and O–H groups in total. The number of imide groups is 1. The van der Waals surface area contributed by atoms with Crippen LogP contribution < -0.4 is 5.32 Å². The fourth-order valence-electron chi connectivity index (χ4n) is 1.39. The van der Waals surface area contributed by atoms with Gasteiger partial charge < -0.3 is 0 Å². The van der Waals surface area contributed by atoms with E-state index in [-0.39, 0.29) is 22.6 Å². The lowest BCUT2D eigenvalue weighted by Gasteiger charge is -1.96. The Morgan fingerprint density at radius 1 is 1.41 bits per heavy atom. The zero-order chi connectivity index (χ0) is 12.4. The molecule has 0 saturated carbocycles. The minimum absolute atomic E-state index is 0.0340. The number of carbonyl (C=O) groups excluding carboxylic acids is 2. The van der Waals surface area contributed by atoms with Crippen LogP contribution in [-0.4, -0.2) is 27.2 Å². The Bertz CT molecular complexity index is 553. The quantitative estimate of drug-likeness (QED) is 0.487. The van der Waals surface area contributed by atoms with E-state index in [0.29, 0.717) is 5.56 Å². The molecule has 1 saturated heterocycles. The smallest absolute Gasteiger partial charge is 0.280 e. The van der Waals surface area contributed by atoms with Crippen LogP contribution in [0.15, 0.2) is 24.3 Å². The average Bonchev–Trinajstić information content (AvgIpc) is 2.58. The molecule has 1 aliphatic heterocycles. The molecule has 6 nitrogen and oxygen atoms in total. The molecule has 2 amide bonds. The third-order valence-electron chi connectivity index (χ3n) is 2.13. The number of rotatable bonds is 2. The summed E-state index contributed by atoms with van der Waals surface area (Å²) in [5, 5.41) is 14.0. The van der Waals surface area contributed by atoms with Crippen LogP contribution >= 0.6 is 10.5 Å². The molecule has 1 aliphatic rings. The van der Waals surface area contributed by atoms with E-state index in [9.17, 15) is 19.7 Å². The van der Waals surface area contributed by atoms with Gasteiger partial charge in [-0.15, -0.1) is 0 Å². The second kappa shape index (κ2) is 4.46. The van der Waals surface area contributed by atoms with Crippen LogP contribution in [0.5, 0.6) is 0 Å². The number of carbonyl (C=O) groups is 2. The first-order valence-electron chi connectivity index (χ1n) is 4.69. The second-order valence-electron chi connectivity index (χ2n) is 3.38. The van der Waals surface area contributed by atoms with E-state index < -0.39 is 15.4 Å². The van der Waals surface area contributed by atoms with Gasteiger partial charge in [-0.3, -0.25) is 25.0 Å². The third-order valence-corrected chi connectivity index (χ3v) is 3.83. The Kier molecular flexibility index (Phi) is 3.01. The van der Waals surface area contributed by atoms with Gasteiger partial charge in [-0.1, -0.05) is 22.6 Å². The van der Waals surface area contributed by atoms with Crippen molar-refractivity contribution in [3.8, 4) is 0 Å². The molecular weight excluding hydrogens is 244 g/mol. The lowest BCUT2D eigenvalue weighted by Crippen LogP contribution is -2.18. The number of nitrogens with one attached hydrogen (secondary N) is 1. The van der Waals surface area contributed by atoms with Crippen molar-refractivity contribution in [3.05, 3.63) is 39.9 Å². The van der Waals surface area contributed by atoms with E-state index in [1.54, 1.807) is 17.5 Å². The maximum atomic E-state index is 11.3. The number of hydrogen-bond acceptors (Lipinski definition) is 4. The normalized spacial score (nSPS) is 19.4. The van der Waals surface area contributed by atoms with Crippen molar-refractivity contribution < 1.29 is 14.5 Å². The van der Waals surface area contributed by atoms with Crippen molar-refractivity contribution >= 4 is 32.7 Å². The molecule has 7 heteroatoms. The molecule has 2 rings (SSSR count). The van der Waals surface area contributed by atoms with Gasteiger partial charge in [0.2, 0.25) is 5.91 Å². The predicted molar refractivity (Wildman–Crippen MR) is 64.3 cm³/mol. The first kappa shape index (κ1) is 11.5. The summed E-state index contributed by atoms with van der Waals surface area (Å²) in [6.45, 7) is 0. The molecule has 1 heterocycles. The van der Waals surface area contributed by atoms with Gasteiger partial charge in [0.25, 0.3) is 10.9 Å². The van der Waals surface area contributed by atoms with Crippen LogP contribution in [0.4, 0.5) is 10.5 Å². The van der Waals surface area contributed by atoms with E-state index >= 15 is 0 Å². The van der Waals surface area contributed by atoms with Crippen molar-refractivity contribution in [2.75, 3.05) is 5.75 Å². The van der Waals surface area contributed by atoms with Crippen molar-refractivity contribution in [1.29, 1.82) is 0 Å². The minimum atomic E-state index is -0.822. The van der Waals surface area contributed by atoms with Crippen LogP contribution in [0.2, 0.25) is 0 Å². The Morgan fingerprint density at radius 3 is 2.76 bits per heavy atom. The summed E-state index contributed by atoms with van der Waals surface area (Å²) in [6.07, 6.45) is 0. The molecule has 1 unspecified atom stereocenters. The second-order valence-corrected chi connectivity index (χ2v) is 5.13. The fourth-order valence-corrected chi connectivity index (χ4v) is 2.79. The molecule has 88 valence electrons. The minimum Gasteiger partial charge on any atom is -0.287 e. The average molecular weight is 252 g/mol. The Labute approximate surface area is 98.7 Å². The van der Waals surface area contributed by atoms with Crippen molar-refractivity contribution in [2.45, 2.75) is 0 Å². The SMILES string of the molecule is O=C1C/S(=C\c2cccc([N+](=O)[O-])c2)C(=O)N1. The molecule has 1 aromatic carbocycles. The third kappa shape index (κ3) is 2.56. The number of nitrogens with zero attached hydrogens (tertiary/aromatic N) is 1. The number of hydrogen-bond donors (Lipinski definition) is 1. The van der Waals surface area contributed by atoms with E-state index in [1.165, 1.54) is 12.1 Å². The van der Waals surface area contributed by atoms with Crippen LogP contribution in [-0.2, 0) is 4.79 Å². The zero-order valence-corrected chi connectivity index (χ0v) is 9.40. The van der Waals surface area contributed by atoms with E-state index in [2.05, 4.69) is 5.32 Å². The van der Waals surface area contributed by atoms with Crippen molar-refractivity contribution in [3.63, 3.8) is 0 Å². The van der Waals surface area contributed by atoms with E-state index in [0.717, 1.165) is 0 Å². The number of amides is 2. The molecule has 1 atom stereocenters. The molecule has 0 bridgehead atoms. The summed E-state index contributed by atoms with van der Waals surface area (Å²) < 4.78 is 0. The highest BCUT2D eigenvalue weighted by Gasteiger charge is 2.22. The molecule has 1 fully saturated rings. The highest BCUT2D eigenvalue weighted by molar-refractivity contribution is 8.28. The molecule has 0 radical (unpaired) electrons. The van der Waals surface area contributed by atoms with Crippen molar-refractivity contribution in [2.24, 2.45) is 0 Å². The number of nitro benzene ring substituents is 1. The molecule has 0 spiro atoms. The Balaban J connectivity index is 2.33. The molecule has 0 aliphatic carbocycles. The van der Waals surface area contributed by atoms with Crippen LogP contribution in [0, 0.1) is 10.1 Å². The topological polar surface area (TPSA) is 89.3 Å². The summed E-state index contributed by atoms with van der Waals surface area (Å²) in [6, 6.07) is 5.96. The van der Waals surface area contributed by atoms with E-state index in [1.807, 2.05) is 0 Å². The van der Waals surface area contributed by atoms with Gasteiger partial charge in [0.1, 0.15) is 0 Å². The van der Waals surface area contributed by atoms with Crippen LogP contribution in [0.3, 0.4) is 0 Å². The molecule has 0 aromatic heterocycles. The van der Waals surface area contributed by atoms with Gasteiger partial charge in [-0.05, 0) is 10.9 Å². The van der Waals surface area contributed by atoms with Gasteiger partial charge in [-0.25, -0.2) is 0 Å². The monoisotopic (exact) mass is 252 g/mol. The first-order valence-corrected chi connectivity index (χ1v) is 6.15. The van der Waals surface area contributed by atoms with Crippen LogP contribution in [0.1, 0.15) is 5.56 Å². The summed E-state index contributed by atoms with van der Waals surface area (Å²) >= 11 is 0. The lowest BCUT2D eigenvalue weighted by atomic mass is 10.2. The zero-order valence-electron chi connectivity index (χ0n) is 8.58. The maximum absolute atomic E-state index is 11.3. The summed E-state index contributed by atoms with van der Waals surface area (Å²) in [5.41, 5.74) is 0.542. The number of benzene rings is 1. The van der Waals surface area contributed by atoms with Crippen LogP contribution in [0.25, 0.3) is 0 Å². The summed E-state index contributed by atoms with van der Waals surface area (Å²) in [4.78, 5) is 32.4. The van der Waals surface area contributed by atoms with E-state index in [4.69, 9.17) is 0 Å². The molecule has 17 heavy (non-hydrogen) atoms. The number of non-ortho nitro benzene ring substituents is 1. The molecule has 1 aromatic rings. The van der Waals surface area contributed by atoms with Gasteiger partial charge in [0.05, 0.1) is 10.7 Å². The first-order chi connectivity index (χ1) is 8.06. The molecular formula is C10H8N2O4S. The van der Waals surface area contributed by atoms with Crippen molar-refractivity contribution in [1.82, 2.24) is 5.32 Å². The van der Waals surface area contributed by atoms with Gasteiger partial charge in [-0.2, -0.15) is 0 Å². The maximum Gasteiger partial charge on any atom is 0.280 e. The fraction of sp³-hybridized carbons (Fsp3) is 0.100. The summed E-state index contributed by atoms with van der Waals surface area (Å²) in [7, 11) is -0.822. The highest BCUT2D eigenvalue weighted by Crippen LogP contribution is 2.21. The summed E-state index contributed by atoms with van der Waals surface area (Å²) in [5.74, 6) is -0.179. The van der Waals surface area contributed by atoms with Gasteiger partial charge >= 0.3 is 0 Å². The van der Waals surface area contributed by atoms with Gasteiger partial charge in [0.15, 0.2) is 0 Å². The lowest BCUT2D eigenvalue weighted by molar-refractivity contribution is -0.384. The Hall–Kier alpha value is -2.02. The largest absolute Gasteiger partial charge is 0.287 e.